The Bertz CT molecular complexity index is 443. The Hall–Kier alpha value is -1.06. The number of amides is 1. The van der Waals surface area contributed by atoms with Crippen LogP contribution < -0.4 is 5.32 Å². The number of hydrogen-bond donors (Lipinski definition) is 2. The molecule has 1 aliphatic rings. The van der Waals surface area contributed by atoms with Crippen LogP contribution in [-0.2, 0) is 0 Å². The van der Waals surface area contributed by atoms with Crippen molar-refractivity contribution in [3.8, 4) is 0 Å². The zero-order valence-electron chi connectivity index (χ0n) is 10.4. The maximum atomic E-state index is 12.1. The van der Waals surface area contributed by atoms with Gasteiger partial charge in [0.15, 0.2) is 0 Å². The third-order valence-corrected chi connectivity index (χ3v) is 3.79. The van der Waals surface area contributed by atoms with E-state index in [2.05, 4.69) is 5.32 Å². The van der Waals surface area contributed by atoms with Crippen LogP contribution in [0.4, 0.5) is 0 Å². The van der Waals surface area contributed by atoms with E-state index < -0.39 is 0 Å². The first-order valence-corrected chi connectivity index (χ1v) is 6.67. The number of aryl methyl sites for hydroxylation is 1. The van der Waals surface area contributed by atoms with Crippen LogP contribution in [0.2, 0.25) is 5.02 Å². The molecule has 0 bridgehead atoms. The molecule has 1 amide bonds. The van der Waals surface area contributed by atoms with Crippen molar-refractivity contribution < 1.29 is 9.90 Å². The van der Waals surface area contributed by atoms with E-state index in [9.17, 15) is 4.79 Å². The third kappa shape index (κ3) is 3.24. The standard InChI is InChI=1S/C14H18ClNO2/c1-9-8-11(4-5-12(9)15)14(18)16-13(6-7-17)10-2-3-10/h4-5,8,10,13,17H,2-3,6-7H2,1H3,(H,16,18). The van der Waals surface area contributed by atoms with Gasteiger partial charge in [0.25, 0.3) is 5.91 Å². The number of rotatable bonds is 5. The molecule has 1 aromatic carbocycles. The Balaban J connectivity index is 2.03. The number of aliphatic hydroxyl groups is 1. The fourth-order valence-electron chi connectivity index (χ4n) is 2.10. The number of halogens is 1. The van der Waals surface area contributed by atoms with Gasteiger partial charge >= 0.3 is 0 Å². The molecule has 1 unspecified atom stereocenters. The van der Waals surface area contributed by atoms with Gasteiger partial charge in [0.05, 0.1) is 0 Å². The molecule has 1 atom stereocenters. The Morgan fingerprint density at radius 2 is 2.28 bits per heavy atom. The molecule has 0 aromatic heterocycles. The van der Waals surface area contributed by atoms with Crippen LogP contribution >= 0.6 is 11.6 Å². The molecule has 0 heterocycles. The molecule has 3 nitrogen and oxygen atoms in total. The highest BCUT2D eigenvalue weighted by atomic mass is 35.5. The molecular formula is C14H18ClNO2. The van der Waals surface area contributed by atoms with Crippen LogP contribution in [0, 0.1) is 12.8 Å². The fraction of sp³-hybridized carbons (Fsp3) is 0.500. The minimum Gasteiger partial charge on any atom is -0.396 e. The zero-order chi connectivity index (χ0) is 13.1. The highest BCUT2D eigenvalue weighted by molar-refractivity contribution is 6.31. The monoisotopic (exact) mass is 267 g/mol. The van der Waals surface area contributed by atoms with E-state index in [0.29, 0.717) is 22.9 Å². The molecule has 2 rings (SSSR count). The summed E-state index contributed by atoms with van der Waals surface area (Å²) in [4.78, 5) is 12.1. The summed E-state index contributed by atoms with van der Waals surface area (Å²) in [6.07, 6.45) is 2.91. The lowest BCUT2D eigenvalue weighted by Gasteiger charge is -2.17. The van der Waals surface area contributed by atoms with Gasteiger partial charge < -0.3 is 10.4 Å². The average Bonchev–Trinajstić information content (AvgIpc) is 3.16. The molecule has 98 valence electrons. The Kier molecular flexibility index (Phi) is 4.25. The quantitative estimate of drug-likeness (QED) is 0.861. The number of carbonyl (C=O) groups is 1. The van der Waals surface area contributed by atoms with Crippen molar-refractivity contribution in [1.82, 2.24) is 5.32 Å². The molecule has 1 aliphatic carbocycles. The maximum Gasteiger partial charge on any atom is 0.251 e. The Labute approximate surface area is 112 Å². The van der Waals surface area contributed by atoms with Crippen LogP contribution in [-0.4, -0.2) is 23.7 Å². The molecule has 1 fully saturated rings. The molecule has 0 saturated heterocycles. The lowest BCUT2D eigenvalue weighted by atomic mass is 10.1. The number of hydrogen-bond acceptors (Lipinski definition) is 2. The minimum absolute atomic E-state index is 0.0832. The van der Waals surface area contributed by atoms with E-state index >= 15 is 0 Å². The normalized spacial score (nSPS) is 16.4. The smallest absolute Gasteiger partial charge is 0.251 e. The molecule has 0 spiro atoms. The first-order valence-electron chi connectivity index (χ1n) is 6.29. The van der Waals surface area contributed by atoms with Gasteiger partial charge in [-0.3, -0.25) is 4.79 Å². The van der Waals surface area contributed by atoms with Gasteiger partial charge in [-0.25, -0.2) is 0 Å². The van der Waals surface area contributed by atoms with E-state index in [0.717, 1.165) is 18.4 Å². The van der Waals surface area contributed by atoms with Crippen molar-refractivity contribution in [1.29, 1.82) is 0 Å². The van der Waals surface area contributed by atoms with Crippen LogP contribution in [0.3, 0.4) is 0 Å². The molecule has 4 heteroatoms. The van der Waals surface area contributed by atoms with Crippen molar-refractivity contribution in [2.24, 2.45) is 5.92 Å². The van der Waals surface area contributed by atoms with Gasteiger partial charge in [-0.2, -0.15) is 0 Å². The highest BCUT2D eigenvalue weighted by Gasteiger charge is 2.31. The molecule has 2 N–H and O–H groups in total. The number of carbonyl (C=O) groups excluding carboxylic acids is 1. The summed E-state index contributed by atoms with van der Waals surface area (Å²) < 4.78 is 0. The van der Waals surface area contributed by atoms with Crippen LogP contribution in [0.15, 0.2) is 18.2 Å². The van der Waals surface area contributed by atoms with Gasteiger partial charge in [0, 0.05) is 23.2 Å². The molecule has 0 radical (unpaired) electrons. The van der Waals surface area contributed by atoms with Crippen molar-refractivity contribution in [2.75, 3.05) is 6.61 Å². The molecule has 18 heavy (non-hydrogen) atoms. The predicted octanol–water partition coefficient (Wildman–Crippen LogP) is 2.54. The average molecular weight is 268 g/mol. The first kappa shape index (κ1) is 13.4. The number of benzene rings is 1. The van der Waals surface area contributed by atoms with E-state index in [-0.39, 0.29) is 18.6 Å². The van der Waals surface area contributed by atoms with E-state index in [1.807, 2.05) is 6.92 Å². The lowest BCUT2D eigenvalue weighted by Crippen LogP contribution is -2.37. The molecule has 1 aromatic rings. The second-order valence-electron chi connectivity index (χ2n) is 4.89. The number of nitrogens with one attached hydrogen (secondary N) is 1. The highest BCUT2D eigenvalue weighted by Crippen LogP contribution is 2.34. The number of aliphatic hydroxyl groups excluding tert-OH is 1. The summed E-state index contributed by atoms with van der Waals surface area (Å²) in [6.45, 7) is 1.99. The summed E-state index contributed by atoms with van der Waals surface area (Å²) in [5, 5.41) is 12.7. The van der Waals surface area contributed by atoms with Gasteiger partial charge in [-0.05, 0) is 55.9 Å². The summed E-state index contributed by atoms with van der Waals surface area (Å²) in [5.74, 6) is 0.453. The first-order chi connectivity index (χ1) is 8.61. The summed E-state index contributed by atoms with van der Waals surface area (Å²) >= 11 is 5.94. The summed E-state index contributed by atoms with van der Waals surface area (Å²) in [5.41, 5.74) is 1.52. The summed E-state index contributed by atoms with van der Waals surface area (Å²) in [7, 11) is 0. The third-order valence-electron chi connectivity index (χ3n) is 3.37. The zero-order valence-corrected chi connectivity index (χ0v) is 11.2. The van der Waals surface area contributed by atoms with Crippen molar-refractivity contribution in [3.05, 3.63) is 34.3 Å². The van der Waals surface area contributed by atoms with Gasteiger partial charge in [0.1, 0.15) is 0 Å². The Morgan fingerprint density at radius 3 is 2.83 bits per heavy atom. The van der Waals surface area contributed by atoms with E-state index in [4.69, 9.17) is 16.7 Å². The van der Waals surface area contributed by atoms with Crippen LogP contribution in [0.1, 0.15) is 35.2 Å². The largest absolute Gasteiger partial charge is 0.396 e. The molecular weight excluding hydrogens is 250 g/mol. The van der Waals surface area contributed by atoms with Crippen LogP contribution in [0.5, 0.6) is 0 Å². The Morgan fingerprint density at radius 1 is 1.56 bits per heavy atom. The van der Waals surface area contributed by atoms with Gasteiger partial charge in [-0.1, -0.05) is 11.6 Å². The van der Waals surface area contributed by atoms with E-state index in [1.165, 1.54) is 0 Å². The van der Waals surface area contributed by atoms with Gasteiger partial charge in [-0.15, -0.1) is 0 Å². The maximum absolute atomic E-state index is 12.1. The molecule has 0 aliphatic heterocycles. The minimum atomic E-state index is -0.0832. The fourth-order valence-corrected chi connectivity index (χ4v) is 2.22. The van der Waals surface area contributed by atoms with Crippen LogP contribution in [0.25, 0.3) is 0 Å². The second kappa shape index (κ2) is 5.72. The van der Waals surface area contributed by atoms with Crippen molar-refractivity contribution >= 4 is 17.5 Å². The van der Waals surface area contributed by atoms with E-state index in [1.54, 1.807) is 18.2 Å². The molecule has 1 saturated carbocycles. The lowest BCUT2D eigenvalue weighted by molar-refractivity contribution is 0.0924. The van der Waals surface area contributed by atoms with Gasteiger partial charge in [0.2, 0.25) is 0 Å². The predicted molar refractivity (Wildman–Crippen MR) is 71.9 cm³/mol. The van der Waals surface area contributed by atoms with Crippen molar-refractivity contribution in [3.63, 3.8) is 0 Å². The SMILES string of the molecule is Cc1cc(C(=O)NC(CCO)C2CC2)ccc1Cl. The van der Waals surface area contributed by atoms with Crippen molar-refractivity contribution in [2.45, 2.75) is 32.2 Å². The topological polar surface area (TPSA) is 49.3 Å². The summed E-state index contributed by atoms with van der Waals surface area (Å²) in [6, 6.07) is 5.36. The second-order valence-corrected chi connectivity index (χ2v) is 5.30.